The number of H-pyrrole nitrogens is 1. The summed E-state index contributed by atoms with van der Waals surface area (Å²) < 4.78 is 26.8. The van der Waals surface area contributed by atoms with Gasteiger partial charge in [0.2, 0.25) is 0 Å². The topological polar surface area (TPSA) is 118 Å². The van der Waals surface area contributed by atoms with E-state index in [0.717, 1.165) is 0 Å². The van der Waals surface area contributed by atoms with Gasteiger partial charge >= 0.3 is 0 Å². The van der Waals surface area contributed by atoms with Crippen molar-refractivity contribution in [2.24, 2.45) is 5.73 Å². The van der Waals surface area contributed by atoms with Gasteiger partial charge in [-0.05, 0) is 19.1 Å². The van der Waals surface area contributed by atoms with Crippen LogP contribution in [0.3, 0.4) is 0 Å². The minimum atomic E-state index is -3.94. The monoisotopic (exact) mass is 314 g/mol. The second-order valence-corrected chi connectivity index (χ2v) is 6.03. The smallest absolute Gasteiger partial charge is 0.271 e. The first-order chi connectivity index (χ1) is 9.33. The molecule has 1 aromatic carbocycles. The maximum absolute atomic E-state index is 12.3. The first kappa shape index (κ1) is 14.4. The number of nitrogens with zero attached hydrogens (tertiary/aromatic N) is 1. The van der Waals surface area contributed by atoms with Gasteiger partial charge in [0.15, 0.2) is 5.69 Å². The van der Waals surface area contributed by atoms with E-state index in [1.807, 2.05) is 0 Å². The highest BCUT2D eigenvalue weighted by atomic mass is 35.5. The number of carbonyl (C=O) groups is 1. The zero-order valence-electron chi connectivity index (χ0n) is 10.3. The predicted octanol–water partition coefficient (Wildman–Crippen LogP) is 1.27. The van der Waals surface area contributed by atoms with Gasteiger partial charge in [-0.1, -0.05) is 23.7 Å². The Morgan fingerprint density at radius 1 is 1.40 bits per heavy atom. The summed E-state index contributed by atoms with van der Waals surface area (Å²) in [4.78, 5) is 11.1. The van der Waals surface area contributed by atoms with Crippen LogP contribution in [-0.4, -0.2) is 24.5 Å². The van der Waals surface area contributed by atoms with Gasteiger partial charge in [-0.3, -0.25) is 14.6 Å². The molecule has 4 N–H and O–H groups in total. The number of halogens is 1. The molecule has 1 heterocycles. The normalized spacial score (nSPS) is 11.3. The summed E-state index contributed by atoms with van der Waals surface area (Å²) in [5, 5.41) is 6.22. The number of aromatic nitrogens is 2. The van der Waals surface area contributed by atoms with Gasteiger partial charge in [-0.15, -0.1) is 0 Å². The summed E-state index contributed by atoms with van der Waals surface area (Å²) >= 11 is 5.86. The molecular formula is C11H11ClN4O3S. The van der Waals surface area contributed by atoms with Gasteiger partial charge in [0.05, 0.1) is 10.7 Å². The van der Waals surface area contributed by atoms with E-state index in [1.54, 1.807) is 13.0 Å². The molecule has 1 aromatic heterocycles. The molecule has 0 unspecified atom stereocenters. The summed E-state index contributed by atoms with van der Waals surface area (Å²) in [7, 11) is -3.94. The second kappa shape index (κ2) is 5.14. The number of hydrogen-bond donors (Lipinski definition) is 3. The lowest BCUT2D eigenvalue weighted by Crippen LogP contribution is -2.18. The van der Waals surface area contributed by atoms with Crippen molar-refractivity contribution in [3.05, 3.63) is 40.7 Å². The lowest BCUT2D eigenvalue weighted by molar-refractivity contribution is 0.0996. The Morgan fingerprint density at radius 2 is 2.05 bits per heavy atom. The molecule has 0 aliphatic rings. The fourth-order valence-electron chi connectivity index (χ4n) is 1.58. The number of amides is 1. The Balaban J connectivity index is 2.47. The second-order valence-electron chi connectivity index (χ2n) is 3.97. The number of carbonyl (C=O) groups excluding carboxylic acids is 1. The summed E-state index contributed by atoms with van der Waals surface area (Å²) in [6.45, 7) is 1.56. The number of rotatable bonds is 4. The van der Waals surface area contributed by atoms with E-state index in [0.29, 0.717) is 5.69 Å². The summed E-state index contributed by atoms with van der Waals surface area (Å²) in [6, 6.07) is 5.95. The number of nitrogens with one attached hydrogen (secondary N) is 2. The summed E-state index contributed by atoms with van der Waals surface area (Å²) in [5.41, 5.74) is 5.33. The number of hydrogen-bond acceptors (Lipinski definition) is 4. The predicted molar refractivity (Wildman–Crippen MR) is 74.1 cm³/mol. The molecule has 0 fully saturated rings. The van der Waals surface area contributed by atoms with Gasteiger partial charge in [0.1, 0.15) is 10.6 Å². The fourth-order valence-corrected chi connectivity index (χ4v) is 3.24. The number of anilines is 1. The molecule has 2 rings (SSSR count). The van der Waals surface area contributed by atoms with E-state index in [-0.39, 0.29) is 21.3 Å². The van der Waals surface area contributed by atoms with E-state index < -0.39 is 15.9 Å². The molecule has 0 saturated heterocycles. The highest BCUT2D eigenvalue weighted by Gasteiger charge is 2.23. The maximum Gasteiger partial charge on any atom is 0.271 e. The quantitative estimate of drug-likeness (QED) is 0.787. The van der Waals surface area contributed by atoms with Crippen LogP contribution in [-0.2, 0) is 10.0 Å². The van der Waals surface area contributed by atoms with Crippen molar-refractivity contribution in [1.82, 2.24) is 10.2 Å². The lowest BCUT2D eigenvalue weighted by atomic mass is 10.3. The molecule has 0 radical (unpaired) electrons. The Kier molecular flexibility index (Phi) is 3.69. The summed E-state index contributed by atoms with van der Waals surface area (Å²) in [6.07, 6.45) is 0. The van der Waals surface area contributed by atoms with Gasteiger partial charge in [0, 0.05) is 0 Å². The molecular weight excluding hydrogens is 304 g/mol. The number of sulfonamides is 1. The fraction of sp³-hybridized carbons (Fsp3) is 0.0909. The maximum atomic E-state index is 12.3. The molecule has 0 aliphatic carbocycles. The van der Waals surface area contributed by atoms with E-state index in [2.05, 4.69) is 14.9 Å². The molecule has 0 aliphatic heterocycles. The van der Waals surface area contributed by atoms with E-state index in [4.69, 9.17) is 17.3 Å². The standard InChI is InChI=1S/C11H11ClN4O3S/c1-6-9(10(11(13)17)15-14-6)16-20(18,19)8-5-3-2-4-7(8)12/h2-5,16H,1H3,(H2,13,17)(H,14,15). The first-order valence-corrected chi connectivity index (χ1v) is 7.31. The van der Waals surface area contributed by atoms with Crippen molar-refractivity contribution in [2.75, 3.05) is 4.72 Å². The largest absolute Gasteiger partial charge is 0.364 e. The average Bonchev–Trinajstić information content (AvgIpc) is 2.71. The third kappa shape index (κ3) is 2.61. The molecule has 20 heavy (non-hydrogen) atoms. The molecule has 0 bridgehead atoms. The van der Waals surface area contributed by atoms with Crippen LogP contribution in [0.4, 0.5) is 5.69 Å². The van der Waals surface area contributed by atoms with Crippen LogP contribution < -0.4 is 10.5 Å². The van der Waals surface area contributed by atoms with Crippen molar-refractivity contribution in [3.8, 4) is 0 Å². The van der Waals surface area contributed by atoms with Crippen LogP contribution in [0.15, 0.2) is 29.2 Å². The third-order valence-corrected chi connectivity index (χ3v) is 4.39. The van der Waals surface area contributed by atoms with Crippen molar-refractivity contribution in [1.29, 1.82) is 0 Å². The number of benzene rings is 1. The average molecular weight is 315 g/mol. The minimum absolute atomic E-state index is 0.0115. The van der Waals surface area contributed by atoms with Crippen LogP contribution in [0.2, 0.25) is 5.02 Å². The van der Waals surface area contributed by atoms with Crippen LogP contribution in [0, 0.1) is 6.92 Å². The number of nitrogens with two attached hydrogens (primary N) is 1. The Morgan fingerprint density at radius 3 is 2.65 bits per heavy atom. The Hall–Kier alpha value is -2.06. The van der Waals surface area contributed by atoms with Crippen LogP contribution in [0.25, 0.3) is 0 Å². The molecule has 9 heteroatoms. The molecule has 7 nitrogen and oxygen atoms in total. The zero-order chi connectivity index (χ0) is 14.9. The highest BCUT2D eigenvalue weighted by Crippen LogP contribution is 2.25. The third-order valence-electron chi connectivity index (χ3n) is 2.54. The highest BCUT2D eigenvalue weighted by molar-refractivity contribution is 7.92. The molecule has 0 atom stereocenters. The van der Waals surface area contributed by atoms with Crippen molar-refractivity contribution in [3.63, 3.8) is 0 Å². The molecule has 0 spiro atoms. The minimum Gasteiger partial charge on any atom is -0.364 e. The summed E-state index contributed by atoms with van der Waals surface area (Å²) in [5.74, 6) is -0.841. The Labute approximate surface area is 120 Å². The van der Waals surface area contributed by atoms with E-state index in [1.165, 1.54) is 18.2 Å². The van der Waals surface area contributed by atoms with Gasteiger partial charge < -0.3 is 5.73 Å². The Bertz CT molecular complexity index is 770. The number of aromatic amines is 1. The number of aryl methyl sites for hydroxylation is 1. The van der Waals surface area contributed by atoms with E-state index >= 15 is 0 Å². The van der Waals surface area contributed by atoms with Gasteiger partial charge in [-0.2, -0.15) is 5.10 Å². The molecule has 106 valence electrons. The van der Waals surface area contributed by atoms with Crippen LogP contribution >= 0.6 is 11.6 Å². The SMILES string of the molecule is Cc1[nH]nc(C(N)=O)c1NS(=O)(=O)c1ccccc1Cl. The van der Waals surface area contributed by atoms with Crippen LogP contribution in [0.1, 0.15) is 16.2 Å². The van der Waals surface area contributed by atoms with Crippen molar-refractivity contribution < 1.29 is 13.2 Å². The van der Waals surface area contributed by atoms with Crippen molar-refractivity contribution in [2.45, 2.75) is 11.8 Å². The lowest BCUT2D eigenvalue weighted by Gasteiger charge is -2.09. The molecule has 0 saturated carbocycles. The van der Waals surface area contributed by atoms with Crippen molar-refractivity contribution >= 4 is 33.2 Å². The van der Waals surface area contributed by atoms with Crippen LogP contribution in [0.5, 0.6) is 0 Å². The molecule has 1 amide bonds. The zero-order valence-corrected chi connectivity index (χ0v) is 11.9. The first-order valence-electron chi connectivity index (χ1n) is 5.45. The van der Waals surface area contributed by atoms with E-state index in [9.17, 15) is 13.2 Å². The molecule has 2 aromatic rings. The van der Waals surface area contributed by atoms with Gasteiger partial charge in [-0.25, -0.2) is 8.42 Å². The van der Waals surface area contributed by atoms with Gasteiger partial charge in [0.25, 0.3) is 15.9 Å². The number of primary amides is 1.